The summed E-state index contributed by atoms with van der Waals surface area (Å²) >= 11 is 4.91. The molecule has 0 aliphatic heterocycles. The molecule has 1 amide bonds. The molecule has 1 aromatic heterocycles. The number of carbonyl (C=O) groups excluding carboxylic acids is 1. The monoisotopic (exact) mass is 402 g/mol. The Bertz CT molecular complexity index is 891. The third-order valence-electron chi connectivity index (χ3n) is 3.36. The van der Waals surface area contributed by atoms with Crippen LogP contribution in [0.5, 0.6) is 5.75 Å². The lowest BCUT2D eigenvalue weighted by molar-refractivity contribution is -0.127. The maximum Gasteiger partial charge on any atom is 0.280 e. The minimum absolute atomic E-state index is 0.296. The summed E-state index contributed by atoms with van der Waals surface area (Å²) in [6.07, 6.45) is 0.967. The minimum Gasteiger partial charge on any atom is -0.481 e. The van der Waals surface area contributed by atoms with Crippen molar-refractivity contribution >= 4 is 50.2 Å². The van der Waals surface area contributed by atoms with E-state index in [1.54, 1.807) is 13.1 Å². The molecule has 0 aliphatic carbocycles. The van der Waals surface area contributed by atoms with Crippen LogP contribution in [-0.2, 0) is 4.79 Å². The molecule has 0 aliphatic rings. The quantitative estimate of drug-likeness (QED) is 0.501. The largest absolute Gasteiger partial charge is 0.481 e. The summed E-state index contributed by atoms with van der Waals surface area (Å²) in [6.45, 7) is 1.70. The molecule has 0 fully saturated rings. The Labute approximate surface area is 152 Å². The normalized spacial score (nSPS) is 12.4. The topological polar surface area (TPSA) is 50.7 Å². The third kappa shape index (κ3) is 4.21. The van der Waals surface area contributed by atoms with Crippen molar-refractivity contribution in [2.75, 3.05) is 0 Å². The van der Waals surface area contributed by atoms with Gasteiger partial charge < -0.3 is 4.74 Å². The fraction of sp³-hybridized carbons (Fsp3) is 0.111. The average molecular weight is 403 g/mol. The van der Waals surface area contributed by atoms with E-state index in [2.05, 4.69) is 26.5 Å². The van der Waals surface area contributed by atoms with Crippen LogP contribution in [-0.4, -0.2) is 18.2 Å². The van der Waals surface area contributed by atoms with Gasteiger partial charge in [-0.25, -0.2) is 5.43 Å². The smallest absolute Gasteiger partial charge is 0.280 e. The molecule has 3 rings (SSSR count). The van der Waals surface area contributed by atoms with Gasteiger partial charge in [0.05, 0.1) is 6.21 Å². The fourth-order valence-electron chi connectivity index (χ4n) is 2.14. The second kappa shape index (κ2) is 7.59. The summed E-state index contributed by atoms with van der Waals surface area (Å²) in [4.78, 5) is 13.0. The predicted octanol–water partition coefficient (Wildman–Crippen LogP) is 4.58. The van der Waals surface area contributed by atoms with Gasteiger partial charge in [-0.15, -0.1) is 11.3 Å². The Morgan fingerprint density at radius 2 is 2.04 bits per heavy atom. The van der Waals surface area contributed by atoms with Crippen molar-refractivity contribution in [1.82, 2.24) is 5.43 Å². The number of ether oxygens (including phenoxy) is 1. The average Bonchev–Trinajstić information content (AvgIpc) is 3.00. The number of hydrazone groups is 1. The van der Waals surface area contributed by atoms with Crippen LogP contribution in [0.4, 0.5) is 0 Å². The van der Waals surface area contributed by atoms with Crippen LogP contribution in [0.2, 0.25) is 0 Å². The van der Waals surface area contributed by atoms with E-state index in [1.165, 1.54) is 11.3 Å². The van der Waals surface area contributed by atoms with Crippen LogP contribution in [0.25, 0.3) is 10.8 Å². The molecule has 1 atom stereocenters. The summed E-state index contributed by atoms with van der Waals surface area (Å²) in [6, 6.07) is 15.7. The third-order valence-corrected chi connectivity index (χ3v) is 4.99. The Morgan fingerprint density at radius 1 is 1.25 bits per heavy atom. The summed E-state index contributed by atoms with van der Waals surface area (Å²) in [5.74, 6) is 0.359. The van der Waals surface area contributed by atoms with Gasteiger partial charge in [0.1, 0.15) is 5.75 Å². The number of hydrogen-bond donors (Lipinski definition) is 1. The van der Waals surface area contributed by atoms with Crippen LogP contribution in [0.15, 0.2) is 63.5 Å². The SMILES string of the molecule is CC(Oc1ccc2ccccc2c1)C(=O)N/N=C/c1cc(Br)cs1. The summed E-state index contributed by atoms with van der Waals surface area (Å²) in [5, 5.41) is 8.11. The number of benzene rings is 2. The summed E-state index contributed by atoms with van der Waals surface area (Å²) < 4.78 is 6.69. The molecule has 0 saturated carbocycles. The van der Waals surface area contributed by atoms with E-state index in [-0.39, 0.29) is 5.91 Å². The molecule has 122 valence electrons. The van der Waals surface area contributed by atoms with Crippen LogP contribution >= 0.6 is 27.3 Å². The molecular weight excluding hydrogens is 388 g/mol. The second-order valence-corrected chi connectivity index (χ2v) is 7.03. The van der Waals surface area contributed by atoms with Gasteiger partial charge in [0, 0.05) is 14.7 Å². The molecule has 3 aromatic rings. The number of halogens is 1. The first-order chi connectivity index (χ1) is 11.6. The van der Waals surface area contributed by atoms with E-state index in [9.17, 15) is 4.79 Å². The molecule has 0 saturated heterocycles. The first kappa shape index (κ1) is 16.7. The highest BCUT2D eigenvalue weighted by molar-refractivity contribution is 9.10. The zero-order valence-corrected chi connectivity index (χ0v) is 15.3. The minimum atomic E-state index is -0.640. The van der Waals surface area contributed by atoms with E-state index < -0.39 is 6.10 Å². The van der Waals surface area contributed by atoms with Crippen molar-refractivity contribution in [2.24, 2.45) is 5.10 Å². The van der Waals surface area contributed by atoms with E-state index in [1.807, 2.05) is 53.9 Å². The van der Waals surface area contributed by atoms with Gasteiger partial charge in [-0.05, 0) is 51.8 Å². The van der Waals surface area contributed by atoms with Gasteiger partial charge in [-0.2, -0.15) is 5.10 Å². The standard InChI is InChI=1S/C18H15BrN2O2S/c1-12(18(22)21-20-10-17-9-15(19)11-24-17)23-16-7-6-13-4-2-3-5-14(13)8-16/h2-12H,1H3,(H,21,22)/b20-10+. The molecule has 1 unspecified atom stereocenters. The number of nitrogens with one attached hydrogen (secondary N) is 1. The molecule has 0 spiro atoms. The Kier molecular flexibility index (Phi) is 5.27. The number of amides is 1. The van der Waals surface area contributed by atoms with E-state index in [0.29, 0.717) is 5.75 Å². The Hall–Kier alpha value is -2.18. The number of hydrogen-bond acceptors (Lipinski definition) is 4. The van der Waals surface area contributed by atoms with Gasteiger partial charge in [0.2, 0.25) is 0 Å². The lowest BCUT2D eigenvalue weighted by Gasteiger charge is -2.13. The zero-order chi connectivity index (χ0) is 16.9. The number of carbonyl (C=O) groups is 1. The van der Waals surface area contributed by atoms with Crippen molar-refractivity contribution in [3.63, 3.8) is 0 Å². The van der Waals surface area contributed by atoms with Crippen LogP contribution in [0.1, 0.15) is 11.8 Å². The van der Waals surface area contributed by atoms with E-state index in [0.717, 1.165) is 20.1 Å². The molecule has 1 N–H and O–H groups in total. The van der Waals surface area contributed by atoms with Crippen molar-refractivity contribution in [3.8, 4) is 5.75 Å². The molecule has 24 heavy (non-hydrogen) atoms. The highest BCUT2D eigenvalue weighted by Gasteiger charge is 2.14. The Balaban J connectivity index is 1.59. The molecule has 2 aromatic carbocycles. The molecular formula is C18H15BrN2O2S. The van der Waals surface area contributed by atoms with Crippen molar-refractivity contribution in [3.05, 3.63) is 63.3 Å². The number of rotatable bonds is 5. The maximum atomic E-state index is 12.1. The predicted molar refractivity (Wildman–Crippen MR) is 102 cm³/mol. The second-order valence-electron chi connectivity index (χ2n) is 5.17. The van der Waals surface area contributed by atoms with Gasteiger partial charge >= 0.3 is 0 Å². The Morgan fingerprint density at radius 3 is 2.79 bits per heavy atom. The number of nitrogens with zero attached hydrogens (tertiary/aromatic N) is 1. The van der Waals surface area contributed by atoms with Gasteiger partial charge in [-0.1, -0.05) is 30.3 Å². The van der Waals surface area contributed by atoms with Crippen molar-refractivity contribution in [1.29, 1.82) is 0 Å². The van der Waals surface area contributed by atoms with Crippen LogP contribution in [0, 0.1) is 0 Å². The first-order valence-electron chi connectivity index (χ1n) is 7.34. The summed E-state index contributed by atoms with van der Waals surface area (Å²) in [5.41, 5.74) is 2.49. The lowest BCUT2D eigenvalue weighted by Crippen LogP contribution is -2.33. The zero-order valence-electron chi connectivity index (χ0n) is 12.9. The highest BCUT2D eigenvalue weighted by Crippen LogP contribution is 2.21. The maximum absolute atomic E-state index is 12.1. The fourth-order valence-corrected chi connectivity index (χ4v) is 3.45. The van der Waals surface area contributed by atoms with Crippen LogP contribution in [0.3, 0.4) is 0 Å². The summed E-state index contributed by atoms with van der Waals surface area (Å²) in [7, 11) is 0. The molecule has 0 radical (unpaired) electrons. The van der Waals surface area contributed by atoms with E-state index in [4.69, 9.17) is 4.74 Å². The highest BCUT2D eigenvalue weighted by atomic mass is 79.9. The van der Waals surface area contributed by atoms with Crippen LogP contribution < -0.4 is 10.2 Å². The van der Waals surface area contributed by atoms with Gasteiger partial charge in [-0.3, -0.25) is 4.79 Å². The lowest BCUT2D eigenvalue weighted by atomic mass is 10.1. The molecule has 6 heteroatoms. The van der Waals surface area contributed by atoms with Gasteiger partial charge in [0.25, 0.3) is 5.91 Å². The first-order valence-corrected chi connectivity index (χ1v) is 9.01. The van der Waals surface area contributed by atoms with Crippen molar-refractivity contribution < 1.29 is 9.53 Å². The molecule has 0 bridgehead atoms. The molecule has 1 heterocycles. The van der Waals surface area contributed by atoms with Gasteiger partial charge in [0.15, 0.2) is 6.10 Å². The van der Waals surface area contributed by atoms with E-state index >= 15 is 0 Å². The van der Waals surface area contributed by atoms with Crippen molar-refractivity contribution in [2.45, 2.75) is 13.0 Å². The number of fused-ring (bicyclic) bond motifs is 1. The molecule has 4 nitrogen and oxygen atoms in total. The number of thiophene rings is 1.